The minimum absolute atomic E-state index is 0.0694. The Balaban J connectivity index is 1.83. The Labute approximate surface area is 140 Å². The number of nitrogens with two attached hydrogens (primary N) is 1. The third-order valence-corrected chi connectivity index (χ3v) is 3.87. The van der Waals surface area contributed by atoms with E-state index in [4.69, 9.17) is 5.73 Å². The summed E-state index contributed by atoms with van der Waals surface area (Å²) in [7, 11) is 0. The molecule has 10 nitrogen and oxygen atoms in total. The van der Waals surface area contributed by atoms with Gasteiger partial charge in [0.25, 0.3) is 5.91 Å². The van der Waals surface area contributed by atoms with Crippen molar-refractivity contribution in [3.8, 4) is 5.82 Å². The van der Waals surface area contributed by atoms with E-state index in [0.717, 1.165) is 11.3 Å². The van der Waals surface area contributed by atoms with E-state index in [1.165, 1.54) is 16.0 Å². The number of aromatic nitrogens is 5. The standard InChI is InChI=1S/C13H14N8O2S/c1-2-4-9-10(13(22)17-15-7-8-5-3-6-24-8)16-20-21(9)12-11(14)18-23-19-12/h3,5-7H,2,4H2,1H3,(H2,14,18)(H,17,22)/b15-7+. The average Bonchev–Trinajstić information content (AvgIpc) is 3.29. The summed E-state index contributed by atoms with van der Waals surface area (Å²) in [5.41, 5.74) is 8.83. The van der Waals surface area contributed by atoms with Crippen LogP contribution in [0.5, 0.6) is 0 Å². The number of hydrogen-bond acceptors (Lipinski definition) is 9. The number of nitrogens with zero attached hydrogens (tertiary/aromatic N) is 6. The molecule has 0 aromatic carbocycles. The molecule has 0 saturated carbocycles. The van der Waals surface area contributed by atoms with Crippen LogP contribution >= 0.6 is 11.3 Å². The lowest BCUT2D eigenvalue weighted by Crippen LogP contribution is -2.20. The number of anilines is 1. The quantitative estimate of drug-likeness (QED) is 0.502. The summed E-state index contributed by atoms with van der Waals surface area (Å²) in [6, 6.07) is 3.79. The molecule has 0 spiro atoms. The summed E-state index contributed by atoms with van der Waals surface area (Å²) in [4.78, 5) is 13.2. The first-order valence-corrected chi connectivity index (χ1v) is 7.98. The largest absolute Gasteiger partial charge is 0.378 e. The summed E-state index contributed by atoms with van der Waals surface area (Å²) in [5.74, 6) is -0.195. The number of amides is 1. The van der Waals surface area contributed by atoms with E-state index in [0.29, 0.717) is 12.1 Å². The molecular weight excluding hydrogens is 332 g/mol. The van der Waals surface area contributed by atoms with Crippen LogP contribution in [0, 0.1) is 0 Å². The SMILES string of the molecule is CCCc1c(C(=O)N/N=C/c2cccs2)nnn1-c1nonc1N. The molecule has 0 aliphatic carbocycles. The zero-order valence-corrected chi connectivity index (χ0v) is 13.5. The van der Waals surface area contributed by atoms with Gasteiger partial charge < -0.3 is 5.73 Å². The van der Waals surface area contributed by atoms with Crippen molar-refractivity contribution in [1.82, 2.24) is 30.7 Å². The predicted molar refractivity (Wildman–Crippen MR) is 87.0 cm³/mol. The lowest BCUT2D eigenvalue weighted by atomic mass is 10.2. The van der Waals surface area contributed by atoms with Gasteiger partial charge in [-0.25, -0.2) is 10.1 Å². The van der Waals surface area contributed by atoms with Gasteiger partial charge in [-0.1, -0.05) is 24.6 Å². The van der Waals surface area contributed by atoms with Gasteiger partial charge in [-0.05, 0) is 28.2 Å². The highest BCUT2D eigenvalue weighted by Gasteiger charge is 2.23. The molecule has 1 amide bonds. The zero-order chi connectivity index (χ0) is 16.9. The zero-order valence-electron chi connectivity index (χ0n) is 12.7. The minimum Gasteiger partial charge on any atom is -0.378 e. The molecule has 3 heterocycles. The van der Waals surface area contributed by atoms with Crippen molar-refractivity contribution in [1.29, 1.82) is 0 Å². The first kappa shape index (κ1) is 15.8. The van der Waals surface area contributed by atoms with E-state index in [1.54, 1.807) is 6.21 Å². The van der Waals surface area contributed by atoms with Crippen LogP contribution in [-0.4, -0.2) is 37.4 Å². The smallest absolute Gasteiger partial charge is 0.293 e. The molecule has 3 aromatic heterocycles. The van der Waals surface area contributed by atoms with Crippen LogP contribution in [0.1, 0.15) is 34.4 Å². The number of carbonyl (C=O) groups is 1. The van der Waals surface area contributed by atoms with Crippen molar-refractivity contribution in [2.45, 2.75) is 19.8 Å². The van der Waals surface area contributed by atoms with Crippen molar-refractivity contribution in [2.24, 2.45) is 5.10 Å². The Hall–Kier alpha value is -3.08. The fourth-order valence-electron chi connectivity index (χ4n) is 2.02. The first-order chi connectivity index (χ1) is 11.7. The number of carbonyl (C=O) groups excluding carboxylic acids is 1. The monoisotopic (exact) mass is 346 g/mol. The Morgan fingerprint density at radius 2 is 2.42 bits per heavy atom. The van der Waals surface area contributed by atoms with Gasteiger partial charge in [0.15, 0.2) is 5.69 Å². The van der Waals surface area contributed by atoms with Crippen LogP contribution in [0.15, 0.2) is 27.2 Å². The van der Waals surface area contributed by atoms with Gasteiger partial charge in [-0.2, -0.15) is 9.78 Å². The second-order valence-electron chi connectivity index (χ2n) is 4.73. The highest BCUT2D eigenvalue weighted by atomic mass is 32.1. The van der Waals surface area contributed by atoms with Crippen LogP contribution < -0.4 is 11.2 Å². The lowest BCUT2D eigenvalue weighted by molar-refractivity contribution is 0.0949. The Bertz CT molecular complexity index is 851. The molecule has 0 aliphatic heterocycles. The second-order valence-corrected chi connectivity index (χ2v) is 5.71. The topological polar surface area (TPSA) is 137 Å². The van der Waals surface area contributed by atoms with Crippen molar-refractivity contribution >= 4 is 29.3 Å². The number of hydrogen-bond donors (Lipinski definition) is 2. The molecule has 0 fully saturated rings. The van der Waals surface area contributed by atoms with Crippen molar-refractivity contribution in [2.75, 3.05) is 5.73 Å². The molecule has 11 heteroatoms. The Morgan fingerprint density at radius 1 is 1.54 bits per heavy atom. The average molecular weight is 346 g/mol. The van der Waals surface area contributed by atoms with E-state index >= 15 is 0 Å². The Morgan fingerprint density at radius 3 is 3.08 bits per heavy atom. The van der Waals surface area contributed by atoms with Gasteiger partial charge in [-0.15, -0.1) is 16.4 Å². The van der Waals surface area contributed by atoms with Crippen molar-refractivity contribution in [3.63, 3.8) is 0 Å². The lowest BCUT2D eigenvalue weighted by Gasteiger charge is -2.03. The van der Waals surface area contributed by atoms with E-state index in [9.17, 15) is 4.79 Å². The molecule has 3 rings (SSSR count). The van der Waals surface area contributed by atoms with Crippen molar-refractivity contribution < 1.29 is 9.42 Å². The van der Waals surface area contributed by atoms with Crippen molar-refractivity contribution in [3.05, 3.63) is 33.8 Å². The highest BCUT2D eigenvalue weighted by Crippen LogP contribution is 2.17. The summed E-state index contributed by atoms with van der Waals surface area (Å²) in [6.45, 7) is 1.97. The fourth-order valence-corrected chi connectivity index (χ4v) is 2.60. The van der Waals surface area contributed by atoms with Crippen LogP contribution in [0.4, 0.5) is 5.82 Å². The Kier molecular flexibility index (Phi) is 4.61. The van der Waals surface area contributed by atoms with E-state index < -0.39 is 5.91 Å². The molecule has 124 valence electrons. The minimum atomic E-state index is -0.465. The maximum atomic E-state index is 12.3. The van der Waals surface area contributed by atoms with Gasteiger partial charge in [-0.3, -0.25) is 4.79 Å². The number of nitrogens with one attached hydrogen (secondary N) is 1. The van der Waals surface area contributed by atoms with Crippen LogP contribution in [-0.2, 0) is 6.42 Å². The van der Waals surface area contributed by atoms with E-state index in [-0.39, 0.29) is 17.3 Å². The molecule has 0 saturated heterocycles. The normalized spacial score (nSPS) is 11.2. The number of nitrogen functional groups attached to an aromatic ring is 1. The molecule has 0 radical (unpaired) electrons. The van der Waals surface area contributed by atoms with Gasteiger partial charge in [0.1, 0.15) is 0 Å². The molecule has 0 atom stereocenters. The van der Waals surface area contributed by atoms with Gasteiger partial charge in [0.2, 0.25) is 11.6 Å². The third-order valence-electron chi connectivity index (χ3n) is 3.06. The molecule has 24 heavy (non-hydrogen) atoms. The molecule has 0 aliphatic rings. The van der Waals surface area contributed by atoms with Crippen LogP contribution in [0.3, 0.4) is 0 Å². The van der Waals surface area contributed by atoms with Crippen LogP contribution in [0.2, 0.25) is 0 Å². The number of hydrazone groups is 1. The molecule has 3 aromatic rings. The van der Waals surface area contributed by atoms with Crippen LogP contribution in [0.25, 0.3) is 5.82 Å². The van der Waals surface area contributed by atoms with Gasteiger partial charge in [0.05, 0.1) is 11.9 Å². The predicted octanol–water partition coefficient (Wildman–Crippen LogP) is 1.01. The molecule has 3 N–H and O–H groups in total. The summed E-state index contributed by atoms with van der Waals surface area (Å²) in [6.07, 6.45) is 2.89. The first-order valence-electron chi connectivity index (χ1n) is 7.10. The third kappa shape index (κ3) is 3.15. The van der Waals surface area contributed by atoms with E-state index in [2.05, 4.69) is 35.8 Å². The molecular formula is C13H14N8O2S. The number of rotatable bonds is 6. The van der Waals surface area contributed by atoms with Gasteiger partial charge >= 0.3 is 0 Å². The van der Waals surface area contributed by atoms with E-state index in [1.807, 2.05) is 24.4 Å². The fraction of sp³-hybridized carbons (Fsp3) is 0.231. The summed E-state index contributed by atoms with van der Waals surface area (Å²) >= 11 is 1.51. The second kappa shape index (κ2) is 7.00. The molecule has 0 bridgehead atoms. The maximum Gasteiger partial charge on any atom is 0.293 e. The van der Waals surface area contributed by atoms with Gasteiger partial charge in [0, 0.05) is 4.88 Å². The summed E-state index contributed by atoms with van der Waals surface area (Å²) in [5, 5.41) is 20.9. The molecule has 0 unspecified atom stereocenters. The number of thiophene rings is 1. The maximum absolute atomic E-state index is 12.3. The highest BCUT2D eigenvalue weighted by molar-refractivity contribution is 7.11. The summed E-state index contributed by atoms with van der Waals surface area (Å²) < 4.78 is 5.93.